The Morgan fingerprint density at radius 3 is 1.12 bits per heavy atom. The predicted octanol–water partition coefficient (Wildman–Crippen LogP) is 2.56. The van der Waals surface area contributed by atoms with Gasteiger partial charge < -0.3 is 23.7 Å². The number of rotatable bonds is 0. The van der Waals surface area contributed by atoms with Crippen LogP contribution in [-0.2, 0) is 23.7 Å². The van der Waals surface area contributed by atoms with E-state index in [1.807, 2.05) is 0 Å². The third-order valence-corrected chi connectivity index (χ3v) is 6.01. The van der Waals surface area contributed by atoms with E-state index in [2.05, 4.69) is 0 Å². The van der Waals surface area contributed by atoms with Crippen molar-refractivity contribution in [3.05, 3.63) is 0 Å². The van der Waals surface area contributed by atoms with Crippen LogP contribution in [0.5, 0.6) is 0 Å². The maximum absolute atomic E-state index is 5.48. The molecule has 5 heteroatoms. The molecule has 6 fully saturated rings. The average molecular weight is 340 g/mol. The highest BCUT2D eigenvalue weighted by Gasteiger charge is 2.41. The molecule has 0 aromatic carbocycles. The fraction of sp³-hybridized carbons (Fsp3) is 1.00. The summed E-state index contributed by atoms with van der Waals surface area (Å²) >= 11 is 0. The summed E-state index contributed by atoms with van der Waals surface area (Å²) < 4.78 is 27.0. The average Bonchev–Trinajstić information content (AvgIpc) is 3.11. The molecule has 3 aliphatic heterocycles. The summed E-state index contributed by atoms with van der Waals surface area (Å²) in [5.74, 6) is 1.98. The van der Waals surface area contributed by atoms with Gasteiger partial charge in [-0.2, -0.15) is 0 Å². The monoisotopic (exact) mass is 340 g/mol. The van der Waals surface area contributed by atoms with Crippen LogP contribution in [0.1, 0.15) is 44.9 Å². The van der Waals surface area contributed by atoms with Crippen molar-refractivity contribution in [3.63, 3.8) is 0 Å². The van der Waals surface area contributed by atoms with Gasteiger partial charge >= 0.3 is 0 Å². The third kappa shape index (κ3) is 4.50. The molecule has 3 saturated carbocycles. The first-order valence-corrected chi connectivity index (χ1v) is 9.94. The molecule has 3 saturated heterocycles. The highest BCUT2D eigenvalue weighted by molar-refractivity contribution is 4.89. The van der Waals surface area contributed by atoms with Gasteiger partial charge in [0.15, 0.2) is 0 Å². The second-order valence-corrected chi connectivity index (χ2v) is 7.79. The number of ether oxygens (including phenoxy) is 5. The lowest BCUT2D eigenvalue weighted by atomic mass is 10.2. The maximum Gasteiger partial charge on any atom is 0.0837 e. The standard InChI is InChI=1S/2C7H12O2.C5H8O/c2*1-2-6-7(3-1)9-5-4-8-6;1-4-2-6-3-5(1)4/h2*6-7H,1-5H2;4-5H,1-3H2. The molecule has 138 valence electrons. The van der Waals surface area contributed by atoms with Crippen molar-refractivity contribution in [2.45, 2.75) is 69.4 Å². The van der Waals surface area contributed by atoms with Crippen LogP contribution in [0.2, 0.25) is 0 Å². The minimum absolute atomic E-state index is 0.443. The zero-order valence-electron chi connectivity index (χ0n) is 14.7. The van der Waals surface area contributed by atoms with Crippen molar-refractivity contribution in [2.75, 3.05) is 39.6 Å². The summed E-state index contributed by atoms with van der Waals surface area (Å²) in [6.45, 7) is 5.35. The van der Waals surface area contributed by atoms with E-state index in [1.165, 1.54) is 44.9 Å². The molecule has 5 nitrogen and oxygen atoms in total. The highest BCUT2D eigenvalue weighted by atomic mass is 16.6. The fourth-order valence-corrected chi connectivity index (χ4v) is 4.43. The highest BCUT2D eigenvalue weighted by Crippen LogP contribution is 2.43. The first-order chi connectivity index (χ1) is 11.9. The Bertz CT molecular complexity index is 332. The first kappa shape index (κ1) is 17.2. The molecule has 0 aromatic rings. The van der Waals surface area contributed by atoms with Crippen LogP contribution < -0.4 is 0 Å². The van der Waals surface area contributed by atoms with Gasteiger partial charge in [-0.25, -0.2) is 0 Å². The molecule has 6 atom stereocenters. The van der Waals surface area contributed by atoms with Crippen molar-refractivity contribution >= 4 is 0 Å². The van der Waals surface area contributed by atoms with Gasteiger partial charge in [-0.05, 0) is 56.8 Å². The first-order valence-electron chi connectivity index (χ1n) is 9.94. The zero-order valence-corrected chi connectivity index (χ0v) is 14.7. The summed E-state index contributed by atoms with van der Waals surface area (Å²) in [6, 6.07) is 0. The third-order valence-electron chi connectivity index (χ3n) is 6.01. The molecule has 0 N–H and O–H groups in total. The molecule has 0 spiro atoms. The lowest BCUT2D eigenvalue weighted by Crippen LogP contribution is -2.33. The topological polar surface area (TPSA) is 46.2 Å². The van der Waals surface area contributed by atoms with Gasteiger partial charge in [0.1, 0.15) is 0 Å². The van der Waals surface area contributed by atoms with Gasteiger partial charge in [0.2, 0.25) is 0 Å². The molecule has 0 bridgehead atoms. The Morgan fingerprint density at radius 1 is 0.500 bits per heavy atom. The second kappa shape index (κ2) is 8.45. The van der Waals surface area contributed by atoms with Crippen LogP contribution in [0.25, 0.3) is 0 Å². The molecule has 0 radical (unpaired) electrons. The zero-order chi connectivity index (χ0) is 16.2. The van der Waals surface area contributed by atoms with Crippen LogP contribution in [-0.4, -0.2) is 64.1 Å². The van der Waals surface area contributed by atoms with Crippen LogP contribution in [0, 0.1) is 11.8 Å². The summed E-state index contributed by atoms with van der Waals surface area (Å²) in [5, 5.41) is 0. The Hall–Kier alpha value is -0.200. The molecule has 3 heterocycles. The second-order valence-electron chi connectivity index (χ2n) is 7.79. The minimum atomic E-state index is 0.443. The Balaban J connectivity index is 0.0000000930. The van der Waals surface area contributed by atoms with Gasteiger partial charge in [0.05, 0.1) is 50.8 Å². The minimum Gasteiger partial charge on any atom is -0.381 e. The van der Waals surface area contributed by atoms with Crippen molar-refractivity contribution in [3.8, 4) is 0 Å². The summed E-state index contributed by atoms with van der Waals surface area (Å²) in [6.07, 6.45) is 10.7. The Kier molecular flexibility index (Phi) is 6.07. The van der Waals surface area contributed by atoms with Crippen LogP contribution in [0.15, 0.2) is 0 Å². The molecule has 6 unspecified atom stereocenters. The van der Waals surface area contributed by atoms with Crippen LogP contribution >= 0.6 is 0 Å². The van der Waals surface area contributed by atoms with E-state index in [-0.39, 0.29) is 0 Å². The van der Waals surface area contributed by atoms with E-state index >= 15 is 0 Å². The fourth-order valence-electron chi connectivity index (χ4n) is 4.43. The number of hydrogen-bond donors (Lipinski definition) is 0. The van der Waals surface area contributed by atoms with Gasteiger partial charge in [-0.1, -0.05) is 0 Å². The van der Waals surface area contributed by atoms with E-state index in [9.17, 15) is 0 Å². The van der Waals surface area contributed by atoms with E-state index in [0.29, 0.717) is 24.4 Å². The maximum atomic E-state index is 5.48. The van der Waals surface area contributed by atoms with Crippen molar-refractivity contribution in [1.82, 2.24) is 0 Å². The van der Waals surface area contributed by atoms with Crippen LogP contribution in [0.4, 0.5) is 0 Å². The number of fused-ring (bicyclic) bond motifs is 3. The summed E-state index contributed by atoms with van der Waals surface area (Å²) in [4.78, 5) is 0. The molecular formula is C19H32O5. The molecule has 3 aliphatic carbocycles. The molecule has 0 amide bonds. The molecular weight excluding hydrogens is 308 g/mol. The van der Waals surface area contributed by atoms with E-state index in [4.69, 9.17) is 23.7 Å². The Morgan fingerprint density at radius 2 is 0.875 bits per heavy atom. The predicted molar refractivity (Wildman–Crippen MR) is 89.1 cm³/mol. The lowest BCUT2D eigenvalue weighted by molar-refractivity contribution is -0.124. The van der Waals surface area contributed by atoms with Gasteiger partial charge in [0, 0.05) is 13.2 Å². The quantitative estimate of drug-likeness (QED) is 0.678. The largest absolute Gasteiger partial charge is 0.381 e. The molecule has 6 aliphatic rings. The summed E-state index contributed by atoms with van der Waals surface area (Å²) in [5.41, 5.74) is 0. The van der Waals surface area contributed by atoms with E-state index in [0.717, 1.165) is 51.5 Å². The molecule has 6 rings (SSSR count). The van der Waals surface area contributed by atoms with E-state index < -0.39 is 0 Å². The van der Waals surface area contributed by atoms with Crippen molar-refractivity contribution in [2.24, 2.45) is 11.8 Å². The van der Waals surface area contributed by atoms with Crippen molar-refractivity contribution < 1.29 is 23.7 Å². The van der Waals surface area contributed by atoms with Gasteiger partial charge in [-0.15, -0.1) is 0 Å². The van der Waals surface area contributed by atoms with Crippen LogP contribution in [0.3, 0.4) is 0 Å². The van der Waals surface area contributed by atoms with Gasteiger partial charge in [0.25, 0.3) is 0 Å². The van der Waals surface area contributed by atoms with Crippen molar-refractivity contribution in [1.29, 1.82) is 0 Å². The molecule has 24 heavy (non-hydrogen) atoms. The van der Waals surface area contributed by atoms with E-state index in [1.54, 1.807) is 0 Å². The normalized spacial score (nSPS) is 45.0. The number of hydrogen-bond acceptors (Lipinski definition) is 5. The van der Waals surface area contributed by atoms with Gasteiger partial charge in [-0.3, -0.25) is 0 Å². The lowest BCUT2D eigenvalue weighted by Gasteiger charge is -2.25. The smallest absolute Gasteiger partial charge is 0.0837 e. The SMILES string of the molecule is C1CC2OCCOC2C1.C1CC2OCCOC2C1.C1OCC2CC12. The Labute approximate surface area is 145 Å². The summed E-state index contributed by atoms with van der Waals surface area (Å²) in [7, 11) is 0. The molecule has 0 aromatic heterocycles.